The lowest BCUT2D eigenvalue weighted by atomic mass is 9.65. The van der Waals surface area contributed by atoms with Crippen LogP contribution in [0.3, 0.4) is 0 Å². The van der Waals surface area contributed by atoms with Crippen LogP contribution in [0.1, 0.15) is 58.3 Å². The number of fused-ring (bicyclic) bond motifs is 1. The van der Waals surface area contributed by atoms with E-state index in [0.29, 0.717) is 24.9 Å². The van der Waals surface area contributed by atoms with E-state index in [0.717, 1.165) is 25.7 Å². The molecule has 3 amide bonds. The number of nitrogens with zero attached hydrogens (tertiary/aromatic N) is 1. The minimum absolute atomic E-state index is 0.0509. The number of anilines is 1. The number of amides is 3. The van der Waals surface area contributed by atoms with Gasteiger partial charge in [0.05, 0.1) is 24.0 Å². The zero-order chi connectivity index (χ0) is 23.9. The van der Waals surface area contributed by atoms with Crippen molar-refractivity contribution in [2.75, 3.05) is 18.5 Å². The fourth-order valence-electron chi connectivity index (χ4n) is 7.03. The Morgan fingerprint density at radius 3 is 2.53 bits per heavy atom. The monoisotopic (exact) mass is 469 g/mol. The second-order valence-corrected chi connectivity index (χ2v) is 10.3. The SMILES string of the molecule is CC[C@]12CCC3(O1)C(C(=O)NC1CCCCC1)N(CCO)C(=O)[C@@H]3[C@H]2C(=O)Nc1ccccc1. The lowest BCUT2D eigenvalue weighted by molar-refractivity contribution is -0.147. The van der Waals surface area contributed by atoms with Crippen LogP contribution in [0.4, 0.5) is 5.69 Å². The van der Waals surface area contributed by atoms with E-state index < -0.39 is 29.1 Å². The van der Waals surface area contributed by atoms with Crippen LogP contribution in [0.15, 0.2) is 30.3 Å². The van der Waals surface area contributed by atoms with Crippen LogP contribution in [0, 0.1) is 11.8 Å². The fraction of sp³-hybridized carbons (Fsp3) is 0.654. The van der Waals surface area contributed by atoms with Gasteiger partial charge in [-0.15, -0.1) is 0 Å². The number of nitrogens with one attached hydrogen (secondary N) is 2. The van der Waals surface area contributed by atoms with E-state index in [9.17, 15) is 19.5 Å². The quantitative estimate of drug-likeness (QED) is 0.568. The lowest BCUT2D eigenvalue weighted by Crippen LogP contribution is -2.57. The summed E-state index contributed by atoms with van der Waals surface area (Å²) in [5.41, 5.74) is -1.15. The first-order valence-corrected chi connectivity index (χ1v) is 12.7. The van der Waals surface area contributed by atoms with Gasteiger partial charge in [-0.25, -0.2) is 0 Å². The highest BCUT2D eigenvalue weighted by molar-refractivity contribution is 6.02. The van der Waals surface area contributed by atoms with Gasteiger partial charge in [-0.3, -0.25) is 14.4 Å². The first-order valence-electron chi connectivity index (χ1n) is 12.7. The molecule has 2 bridgehead atoms. The number of aliphatic hydroxyl groups excluding tert-OH is 1. The number of aliphatic hydroxyl groups is 1. The van der Waals surface area contributed by atoms with Crippen molar-refractivity contribution < 1.29 is 24.2 Å². The summed E-state index contributed by atoms with van der Waals surface area (Å²) in [6, 6.07) is 8.46. The molecule has 3 N–H and O–H groups in total. The molecule has 3 saturated heterocycles. The number of benzene rings is 1. The molecular weight excluding hydrogens is 434 g/mol. The third-order valence-corrected chi connectivity index (χ3v) is 8.55. The largest absolute Gasteiger partial charge is 0.395 e. The van der Waals surface area contributed by atoms with E-state index in [1.54, 1.807) is 0 Å². The number of rotatable bonds is 7. The molecule has 8 heteroatoms. The summed E-state index contributed by atoms with van der Waals surface area (Å²) < 4.78 is 6.70. The van der Waals surface area contributed by atoms with Crippen molar-refractivity contribution in [2.24, 2.45) is 11.8 Å². The Hall–Kier alpha value is -2.45. The summed E-state index contributed by atoms with van der Waals surface area (Å²) in [4.78, 5) is 42.5. The molecule has 5 atom stereocenters. The van der Waals surface area contributed by atoms with E-state index in [2.05, 4.69) is 10.6 Å². The minimum Gasteiger partial charge on any atom is -0.395 e. The molecule has 1 spiro atoms. The Labute approximate surface area is 200 Å². The molecule has 1 saturated carbocycles. The molecule has 0 radical (unpaired) electrons. The highest BCUT2D eigenvalue weighted by Gasteiger charge is 2.78. The highest BCUT2D eigenvalue weighted by Crippen LogP contribution is 2.64. The standard InChI is InChI=1S/C26H35N3O5/c1-2-25-13-14-26(34-25)20(19(25)22(31)27-17-9-5-3-6-10-17)24(33)29(15-16-30)21(26)23(32)28-18-11-7-4-8-12-18/h3,5-6,9-10,18-21,30H,2,4,7-8,11-16H2,1H3,(H,27,31)(H,28,32)/t19-,20-,21?,25+,26?/m0/s1. The molecule has 4 fully saturated rings. The maximum atomic E-state index is 13.8. The number of hydrogen-bond acceptors (Lipinski definition) is 5. The summed E-state index contributed by atoms with van der Waals surface area (Å²) in [7, 11) is 0. The predicted molar refractivity (Wildman–Crippen MR) is 126 cm³/mol. The number of likely N-dealkylation sites (tertiary alicyclic amines) is 1. The van der Waals surface area contributed by atoms with Gasteiger partial charge in [0.15, 0.2) is 0 Å². The van der Waals surface area contributed by atoms with Gasteiger partial charge in [0.2, 0.25) is 17.7 Å². The summed E-state index contributed by atoms with van der Waals surface area (Å²) in [5, 5.41) is 15.9. The molecule has 184 valence electrons. The van der Waals surface area contributed by atoms with Gasteiger partial charge in [-0.05, 0) is 44.2 Å². The van der Waals surface area contributed by atoms with Crippen molar-refractivity contribution in [2.45, 2.75) is 81.6 Å². The molecule has 3 heterocycles. The van der Waals surface area contributed by atoms with E-state index >= 15 is 0 Å². The molecule has 3 aliphatic heterocycles. The number of carbonyl (C=O) groups excluding carboxylic acids is 3. The van der Waals surface area contributed by atoms with Gasteiger partial charge >= 0.3 is 0 Å². The maximum absolute atomic E-state index is 13.8. The summed E-state index contributed by atoms with van der Waals surface area (Å²) >= 11 is 0. The second-order valence-electron chi connectivity index (χ2n) is 10.3. The van der Waals surface area contributed by atoms with Crippen molar-refractivity contribution >= 4 is 23.4 Å². The molecule has 1 aromatic rings. The van der Waals surface area contributed by atoms with Crippen molar-refractivity contribution in [3.05, 3.63) is 30.3 Å². The van der Waals surface area contributed by atoms with Crippen molar-refractivity contribution in [1.29, 1.82) is 0 Å². The van der Waals surface area contributed by atoms with Crippen molar-refractivity contribution in [1.82, 2.24) is 10.2 Å². The zero-order valence-corrected chi connectivity index (χ0v) is 19.8. The van der Waals surface area contributed by atoms with Gasteiger partial charge < -0.3 is 25.4 Å². The molecule has 5 rings (SSSR count). The van der Waals surface area contributed by atoms with Crippen LogP contribution in [0.5, 0.6) is 0 Å². The van der Waals surface area contributed by atoms with Crippen LogP contribution in [0.2, 0.25) is 0 Å². The van der Waals surface area contributed by atoms with Gasteiger partial charge in [0.25, 0.3) is 0 Å². The van der Waals surface area contributed by atoms with Crippen LogP contribution in [0.25, 0.3) is 0 Å². The molecule has 8 nitrogen and oxygen atoms in total. The molecule has 1 aromatic carbocycles. The Balaban J connectivity index is 1.48. The summed E-state index contributed by atoms with van der Waals surface area (Å²) in [6.07, 6.45) is 6.98. The van der Waals surface area contributed by atoms with E-state index in [1.165, 1.54) is 11.3 Å². The van der Waals surface area contributed by atoms with Gasteiger partial charge in [0, 0.05) is 18.3 Å². The molecule has 2 unspecified atom stereocenters. The summed E-state index contributed by atoms with van der Waals surface area (Å²) in [5.74, 6) is -2.15. The van der Waals surface area contributed by atoms with Gasteiger partial charge in [-0.1, -0.05) is 44.4 Å². The summed E-state index contributed by atoms with van der Waals surface area (Å²) in [6.45, 7) is 1.78. The topological polar surface area (TPSA) is 108 Å². The molecule has 34 heavy (non-hydrogen) atoms. The number of carbonyl (C=O) groups is 3. The molecule has 0 aromatic heterocycles. The Kier molecular flexibility index (Phi) is 6.14. The normalized spacial score (nSPS) is 34.8. The average molecular weight is 470 g/mol. The first kappa shape index (κ1) is 23.3. The maximum Gasteiger partial charge on any atom is 0.246 e. The Bertz CT molecular complexity index is 949. The predicted octanol–water partition coefficient (Wildman–Crippen LogP) is 2.22. The lowest BCUT2D eigenvalue weighted by Gasteiger charge is -2.35. The third kappa shape index (κ3) is 3.53. The smallest absolute Gasteiger partial charge is 0.246 e. The highest BCUT2D eigenvalue weighted by atomic mass is 16.5. The van der Waals surface area contributed by atoms with Gasteiger partial charge in [0.1, 0.15) is 11.6 Å². The molecular formula is C26H35N3O5. The van der Waals surface area contributed by atoms with Crippen LogP contribution in [-0.4, -0.2) is 64.2 Å². The van der Waals surface area contributed by atoms with Crippen molar-refractivity contribution in [3.63, 3.8) is 0 Å². The fourth-order valence-corrected chi connectivity index (χ4v) is 7.03. The third-order valence-electron chi connectivity index (χ3n) is 8.55. The van der Waals surface area contributed by atoms with Crippen molar-refractivity contribution in [3.8, 4) is 0 Å². The van der Waals surface area contributed by atoms with Crippen LogP contribution < -0.4 is 10.6 Å². The number of β-amino-alcohol motifs (C(OH)–C–C–N with tert-alkyl or cyclic N) is 1. The van der Waals surface area contributed by atoms with E-state index in [-0.39, 0.29) is 36.9 Å². The first-order chi connectivity index (χ1) is 16.5. The van der Waals surface area contributed by atoms with E-state index in [1.807, 2.05) is 37.3 Å². The molecule has 1 aliphatic carbocycles. The Morgan fingerprint density at radius 2 is 1.85 bits per heavy atom. The molecule has 4 aliphatic rings. The minimum atomic E-state index is -1.04. The average Bonchev–Trinajstić information content (AvgIpc) is 3.44. The van der Waals surface area contributed by atoms with Crippen LogP contribution >= 0.6 is 0 Å². The Morgan fingerprint density at radius 1 is 1.12 bits per heavy atom. The number of ether oxygens (including phenoxy) is 1. The number of hydrogen-bond donors (Lipinski definition) is 3. The number of para-hydroxylation sites is 1. The second kappa shape index (κ2) is 8.96. The van der Waals surface area contributed by atoms with E-state index in [4.69, 9.17) is 4.74 Å². The van der Waals surface area contributed by atoms with Gasteiger partial charge in [-0.2, -0.15) is 0 Å². The van der Waals surface area contributed by atoms with Crippen LogP contribution in [-0.2, 0) is 19.1 Å². The zero-order valence-electron chi connectivity index (χ0n) is 19.8.